The van der Waals surface area contributed by atoms with Crippen LogP contribution in [-0.4, -0.2) is 64.6 Å². The molecule has 27 heavy (non-hydrogen) atoms. The van der Waals surface area contributed by atoms with E-state index in [1.165, 1.54) is 35.5 Å². The van der Waals surface area contributed by atoms with Gasteiger partial charge >= 0.3 is 5.97 Å². The predicted octanol–water partition coefficient (Wildman–Crippen LogP) is 1.10. The Kier molecular flexibility index (Phi) is 6.30. The van der Waals surface area contributed by atoms with Gasteiger partial charge in [0, 0.05) is 17.8 Å². The third kappa shape index (κ3) is 4.23. The van der Waals surface area contributed by atoms with Crippen LogP contribution >= 0.6 is 23.5 Å². The second kappa shape index (κ2) is 8.68. The number of carbonyl (C=O) groups is 3. The first-order chi connectivity index (χ1) is 13.0. The van der Waals surface area contributed by atoms with Crippen molar-refractivity contribution in [3.05, 3.63) is 40.9 Å². The van der Waals surface area contributed by atoms with Crippen molar-refractivity contribution in [1.82, 2.24) is 10.2 Å². The van der Waals surface area contributed by atoms with Gasteiger partial charge in [-0.15, -0.1) is 11.8 Å². The van der Waals surface area contributed by atoms with Crippen LogP contribution in [0.4, 0.5) is 0 Å². The van der Waals surface area contributed by atoms with Crippen molar-refractivity contribution in [2.75, 3.05) is 25.4 Å². The van der Waals surface area contributed by atoms with Crippen LogP contribution in [0.25, 0.3) is 0 Å². The minimum Gasteiger partial charge on any atom is -0.484 e. The summed E-state index contributed by atoms with van der Waals surface area (Å²) in [6, 6.07) is 8.11. The molecule has 8 nitrogen and oxygen atoms in total. The molecule has 2 aliphatic heterocycles. The molecule has 1 aromatic rings. The third-order valence-electron chi connectivity index (χ3n) is 3.92. The van der Waals surface area contributed by atoms with Crippen LogP contribution in [-0.2, 0) is 19.1 Å². The molecule has 2 atom stereocenters. The largest absolute Gasteiger partial charge is 0.484 e. The van der Waals surface area contributed by atoms with Crippen molar-refractivity contribution in [1.29, 1.82) is 0 Å². The molecule has 0 spiro atoms. The lowest BCUT2D eigenvalue weighted by Crippen LogP contribution is -2.70. The van der Waals surface area contributed by atoms with Gasteiger partial charge in [-0.1, -0.05) is 30.0 Å². The second-order valence-corrected chi connectivity index (χ2v) is 7.81. The quantitative estimate of drug-likeness (QED) is 0.485. The van der Waals surface area contributed by atoms with Gasteiger partial charge in [-0.05, 0) is 12.1 Å². The van der Waals surface area contributed by atoms with Crippen LogP contribution in [0, 0.1) is 0 Å². The molecular weight excluding hydrogens is 392 g/mol. The van der Waals surface area contributed by atoms with Gasteiger partial charge in [0.05, 0.1) is 5.94 Å². The van der Waals surface area contributed by atoms with E-state index in [0.717, 1.165) is 0 Å². The Morgan fingerprint density at radius 3 is 2.78 bits per heavy atom. The molecule has 3 rings (SSSR count). The summed E-state index contributed by atoms with van der Waals surface area (Å²) in [5, 5.41) is 11.7. The lowest BCUT2D eigenvalue weighted by atomic mass is 10.1. The monoisotopic (exact) mass is 410 g/mol. The molecule has 1 saturated heterocycles. The highest BCUT2D eigenvalue weighted by atomic mass is 32.2. The number of hydrogen-bond acceptors (Lipinski definition) is 7. The fourth-order valence-electron chi connectivity index (χ4n) is 2.71. The van der Waals surface area contributed by atoms with E-state index in [-0.39, 0.29) is 12.3 Å². The molecule has 144 valence electrons. The summed E-state index contributed by atoms with van der Waals surface area (Å²) in [4.78, 5) is 38.0. The number of aliphatic carboxylic acids is 1. The molecule has 2 heterocycles. The molecule has 2 amide bonds. The lowest BCUT2D eigenvalue weighted by molar-refractivity contribution is -0.150. The van der Waals surface area contributed by atoms with Gasteiger partial charge < -0.3 is 19.9 Å². The summed E-state index contributed by atoms with van der Waals surface area (Å²) in [6.45, 7) is -0.220. The molecule has 2 unspecified atom stereocenters. The average molecular weight is 410 g/mol. The molecule has 1 aromatic carbocycles. The standard InChI is InChI=1S/C17H18N2O6S2/c1-24-9-27-11-8-26-16-13(15(21)19(16)14(11)17(22)23)18-12(20)7-25-10-5-3-2-4-6-10/h2-6,13,16H,7-9H2,1H3,(H,18,20)(H,22,23). The number of ether oxygens (including phenoxy) is 2. The summed E-state index contributed by atoms with van der Waals surface area (Å²) in [6.07, 6.45) is 0. The zero-order valence-electron chi connectivity index (χ0n) is 14.4. The van der Waals surface area contributed by atoms with Crippen LogP contribution in [0.2, 0.25) is 0 Å². The van der Waals surface area contributed by atoms with Crippen molar-refractivity contribution in [2.24, 2.45) is 0 Å². The van der Waals surface area contributed by atoms with E-state index in [4.69, 9.17) is 9.47 Å². The fraction of sp³-hybridized carbons (Fsp3) is 0.353. The Hall–Kier alpha value is -2.17. The molecule has 0 aromatic heterocycles. The van der Waals surface area contributed by atoms with E-state index in [1.807, 2.05) is 6.07 Å². The van der Waals surface area contributed by atoms with Crippen molar-refractivity contribution >= 4 is 41.3 Å². The van der Waals surface area contributed by atoms with Crippen LogP contribution < -0.4 is 10.1 Å². The van der Waals surface area contributed by atoms with E-state index in [0.29, 0.717) is 22.3 Å². The van der Waals surface area contributed by atoms with E-state index in [2.05, 4.69) is 5.32 Å². The number of carbonyl (C=O) groups excluding carboxylic acids is 2. The normalized spacial score (nSPS) is 21.4. The molecule has 2 N–H and O–H groups in total. The number of carboxylic acid groups (broad SMARTS) is 1. The smallest absolute Gasteiger partial charge is 0.353 e. The highest BCUT2D eigenvalue weighted by Crippen LogP contribution is 2.43. The molecule has 2 aliphatic rings. The maximum atomic E-state index is 12.5. The molecule has 1 fully saturated rings. The highest BCUT2D eigenvalue weighted by Gasteiger charge is 2.54. The summed E-state index contributed by atoms with van der Waals surface area (Å²) in [5.74, 6) is -0.736. The number of para-hydroxylation sites is 1. The van der Waals surface area contributed by atoms with Crippen LogP contribution in [0.3, 0.4) is 0 Å². The maximum Gasteiger partial charge on any atom is 0.353 e. The number of rotatable bonds is 8. The predicted molar refractivity (Wildman–Crippen MR) is 101 cm³/mol. The number of carboxylic acids is 1. The fourth-order valence-corrected chi connectivity index (χ4v) is 5.03. The van der Waals surface area contributed by atoms with E-state index < -0.39 is 29.2 Å². The highest BCUT2D eigenvalue weighted by molar-refractivity contribution is 8.06. The number of amides is 2. The van der Waals surface area contributed by atoms with E-state index in [9.17, 15) is 19.5 Å². The Labute approximate surface area is 164 Å². The third-order valence-corrected chi connectivity index (χ3v) is 6.42. The Morgan fingerprint density at radius 2 is 2.11 bits per heavy atom. The first kappa shape index (κ1) is 19.6. The van der Waals surface area contributed by atoms with Crippen molar-refractivity contribution in [3.63, 3.8) is 0 Å². The number of hydrogen-bond donors (Lipinski definition) is 2. The molecule has 0 radical (unpaired) electrons. The van der Waals surface area contributed by atoms with Crippen molar-refractivity contribution in [2.45, 2.75) is 11.4 Å². The molecule has 0 bridgehead atoms. The number of nitrogens with zero attached hydrogens (tertiary/aromatic N) is 1. The van der Waals surface area contributed by atoms with Crippen LogP contribution in [0.1, 0.15) is 0 Å². The number of thioether (sulfide) groups is 2. The molecule has 0 aliphatic carbocycles. The number of methoxy groups -OCH3 is 1. The molecule has 10 heteroatoms. The number of nitrogens with one attached hydrogen (secondary N) is 1. The van der Waals surface area contributed by atoms with Gasteiger partial charge in [0.25, 0.3) is 11.8 Å². The summed E-state index contributed by atoms with van der Waals surface area (Å²) in [7, 11) is 1.52. The zero-order chi connectivity index (χ0) is 19.4. The van der Waals surface area contributed by atoms with Crippen molar-refractivity contribution in [3.8, 4) is 5.75 Å². The van der Waals surface area contributed by atoms with Gasteiger partial charge in [-0.3, -0.25) is 14.5 Å². The summed E-state index contributed by atoms with van der Waals surface area (Å²) >= 11 is 2.66. The number of β-lactam (4-membered cyclic amide) rings is 1. The van der Waals surface area contributed by atoms with E-state index >= 15 is 0 Å². The van der Waals surface area contributed by atoms with Gasteiger partial charge in [-0.25, -0.2) is 4.79 Å². The lowest BCUT2D eigenvalue weighted by Gasteiger charge is -2.49. The minimum atomic E-state index is -1.16. The topological polar surface area (TPSA) is 105 Å². The Morgan fingerprint density at radius 1 is 1.37 bits per heavy atom. The Balaban J connectivity index is 1.61. The molecule has 0 saturated carbocycles. The van der Waals surface area contributed by atoms with Gasteiger partial charge in [0.2, 0.25) is 0 Å². The van der Waals surface area contributed by atoms with E-state index in [1.54, 1.807) is 24.3 Å². The average Bonchev–Trinajstić information content (AvgIpc) is 2.68. The van der Waals surface area contributed by atoms with Gasteiger partial charge in [0.1, 0.15) is 22.9 Å². The van der Waals surface area contributed by atoms with Gasteiger partial charge in [0.15, 0.2) is 6.61 Å². The zero-order valence-corrected chi connectivity index (χ0v) is 16.0. The summed E-state index contributed by atoms with van der Waals surface area (Å²) < 4.78 is 10.3. The number of fused-ring (bicyclic) bond motifs is 1. The second-order valence-electron chi connectivity index (χ2n) is 5.68. The first-order valence-electron chi connectivity index (χ1n) is 8.03. The first-order valence-corrected chi connectivity index (χ1v) is 10.1. The maximum absolute atomic E-state index is 12.5. The minimum absolute atomic E-state index is 0.0307. The summed E-state index contributed by atoms with van der Waals surface area (Å²) in [5.41, 5.74) is -0.0307. The molecular formula is C17H18N2O6S2. The van der Waals surface area contributed by atoms with Crippen molar-refractivity contribution < 1.29 is 29.0 Å². The SMILES string of the molecule is COCSC1=C(C(=O)O)N2C(=O)C(NC(=O)COc3ccccc3)C2SC1. The van der Waals surface area contributed by atoms with Gasteiger partial charge in [-0.2, -0.15) is 0 Å². The van der Waals surface area contributed by atoms with Crippen LogP contribution in [0.5, 0.6) is 5.75 Å². The Bertz CT molecular complexity index is 770. The number of benzene rings is 1. The van der Waals surface area contributed by atoms with Crippen LogP contribution in [0.15, 0.2) is 40.9 Å².